The van der Waals surface area contributed by atoms with Gasteiger partial charge in [0.1, 0.15) is 0 Å². The molecule has 0 radical (unpaired) electrons. The van der Waals surface area contributed by atoms with Gasteiger partial charge in [0, 0.05) is 24.3 Å². The number of carboxylic acid groups (broad SMARTS) is 1. The Kier molecular flexibility index (Phi) is 3.12. The first-order chi connectivity index (χ1) is 7.77. The standard InChI is InChI=1S/C12H12N2O2/c15-12(16)8-14-7-10-3-1-2-9-6-13-5-4-11(9)10/h1-6,14H,7-8H2,(H,15,16). The van der Waals surface area contributed by atoms with Crippen molar-refractivity contribution < 1.29 is 9.90 Å². The predicted molar refractivity (Wildman–Crippen MR) is 61.1 cm³/mol. The van der Waals surface area contributed by atoms with Gasteiger partial charge in [-0.05, 0) is 17.0 Å². The van der Waals surface area contributed by atoms with Gasteiger partial charge in [-0.25, -0.2) is 0 Å². The number of aromatic nitrogens is 1. The second-order valence-corrected chi connectivity index (χ2v) is 3.51. The molecule has 0 amide bonds. The van der Waals surface area contributed by atoms with Crippen LogP contribution in [0.2, 0.25) is 0 Å². The molecule has 1 aromatic heterocycles. The summed E-state index contributed by atoms with van der Waals surface area (Å²) in [6.07, 6.45) is 3.54. The topological polar surface area (TPSA) is 62.2 Å². The van der Waals surface area contributed by atoms with Crippen molar-refractivity contribution in [1.29, 1.82) is 0 Å². The molecule has 0 spiro atoms. The third kappa shape index (κ3) is 2.35. The maximum atomic E-state index is 10.4. The maximum Gasteiger partial charge on any atom is 0.317 e. The minimum Gasteiger partial charge on any atom is -0.480 e. The lowest BCUT2D eigenvalue weighted by atomic mass is 10.1. The van der Waals surface area contributed by atoms with E-state index in [-0.39, 0.29) is 6.54 Å². The number of carboxylic acids is 1. The zero-order valence-corrected chi connectivity index (χ0v) is 8.68. The fourth-order valence-corrected chi connectivity index (χ4v) is 1.65. The van der Waals surface area contributed by atoms with Crippen LogP contribution < -0.4 is 5.32 Å². The molecule has 2 rings (SSSR count). The number of rotatable bonds is 4. The molecule has 0 fully saturated rings. The quantitative estimate of drug-likeness (QED) is 0.811. The van der Waals surface area contributed by atoms with Crippen LogP contribution in [0.25, 0.3) is 10.8 Å². The van der Waals surface area contributed by atoms with Crippen LogP contribution in [0.5, 0.6) is 0 Å². The Bertz CT molecular complexity index is 506. The van der Waals surface area contributed by atoms with E-state index in [2.05, 4.69) is 10.3 Å². The van der Waals surface area contributed by atoms with Gasteiger partial charge in [-0.15, -0.1) is 0 Å². The number of aliphatic carboxylic acids is 1. The van der Waals surface area contributed by atoms with Crippen molar-refractivity contribution in [2.24, 2.45) is 0 Å². The molecule has 0 aliphatic heterocycles. The summed E-state index contributed by atoms with van der Waals surface area (Å²) >= 11 is 0. The van der Waals surface area contributed by atoms with Crippen molar-refractivity contribution in [3.63, 3.8) is 0 Å². The molecule has 2 N–H and O–H groups in total. The summed E-state index contributed by atoms with van der Waals surface area (Å²) < 4.78 is 0. The lowest BCUT2D eigenvalue weighted by molar-refractivity contribution is -0.135. The Morgan fingerprint density at radius 2 is 2.25 bits per heavy atom. The van der Waals surface area contributed by atoms with E-state index in [1.165, 1.54) is 0 Å². The number of carbonyl (C=O) groups is 1. The highest BCUT2D eigenvalue weighted by molar-refractivity contribution is 5.84. The Morgan fingerprint density at radius 3 is 3.06 bits per heavy atom. The lowest BCUT2D eigenvalue weighted by Gasteiger charge is -2.06. The van der Waals surface area contributed by atoms with E-state index in [0.717, 1.165) is 16.3 Å². The van der Waals surface area contributed by atoms with Crippen molar-refractivity contribution in [2.45, 2.75) is 6.54 Å². The largest absolute Gasteiger partial charge is 0.480 e. The summed E-state index contributed by atoms with van der Waals surface area (Å²) in [7, 11) is 0. The van der Waals surface area contributed by atoms with Crippen LogP contribution in [0.4, 0.5) is 0 Å². The van der Waals surface area contributed by atoms with Gasteiger partial charge in [0.15, 0.2) is 0 Å². The van der Waals surface area contributed by atoms with Crippen molar-refractivity contribution >= 4 is 16.7 Å². The molecule has 0 aliphatic rings. The van der Waals surface area contributed by atoms with Gasteiger partial charge in [0.05, 0.1) is 6.54 Å². The molecule has 0 saturated carbocycles. The van der Waals surface area contributed by atoms with Crippen LogP contribution in [0.15, 0.2) is 36.7 Å². The van der Waals surface area contributed by atoms with Crippen LogP contribution >= 0.6 is 0 Å². The Labute approximate surface area is 92.9 Å². The third-order valence-corrected chi connectivity index (χ3v) is 2.36. The molecule has 16 heavy (non-hydrogen) atoms. The number of pyridine rings is 1. The number of benzene rings is 1. The van der Waals surface area contributed by atoms with E-state index in [1.54, 1.807) is 12.4 Å². The monoisotopic (exact) mass is 216 g/mol. The van der Waals surface area contributed by atoms with Gasteiger partial charge in [-0.3, -0.25) is 9.78 Å². The Morgan fingerprint density at radius 1 is 1.38 bits per heavy atom. The van der Waals surface area contributed by atoms with Crippen LogP contribution in [0.3, 0.4) is 0 Å². The van der Waals surface area contributed by atoms with Crippen molar-refractivity contribution in [3.05, 3.63) is 42.2 Å². The van der Waals surface area contributed by atoms with Crippen molar-refractivity contribution in [2.75, 3.05) is 6.54 Å². The van der Waals surface area contributed by atoms with Gasteiger partial charge in [0.2, 0.25) is 0 Å². The number of nitrogens with zero attached hydrogens (tertiary/aromatic N) is 1. The first kappa shape index (κ1) is 10.6. The SMILES string of the molecule is O=C(O)CNCc1cccc2cnccc12. The van der Waals surface area contributed by atoms with Gasteiger partial charge < -0.3 is 10.4 Å². The van der Waals surface area contributed by atoms with Gasteiger partial charge >= 0.3 is 5.97 Å². The van der Waals surface area contributed by atoms with E-state index in [4.69, 9.17) is 5.11 Å². The molecule has 2 aromatic rings. The van der Waals surface area contributed by atoms with E-state index >= 15 is 0 Å². The highest BCUT2D eigenvalue weighted by atomic mass is 16.4. The molecular weight excluding hydrogens is 204 g/mol. The van der Waals surface area contributed by atoms with Gasteiger partial charge in [-0.2, -0.15) is 0 Å². The fourth-order valence-electron chi connectivity index (χ4n) is 1.65. The van der Waals surface area contributed by atoms with Crippen LogP contribution in [-0.2, 0) is 11.3 Å². The highest BCUT2D eigenvalue weighted by Gasteiger charge is 2.01. The molecule has 0 bridgehead atoms. The molecule has 4 nitrogen and oxygen atoms in total. The number of nitrogens with one attached hydrogen (secondary N) is 1. The second-order valence-electron chi connectivity index (χ2n) is 3.51. The van der Waals surface area contributed by atoms with E-state index in [0.29, 0.717) is 6.54 Å². The molecule has 82 valence electrons. The summed E-state index contributed by atoms with van der Waals surface area (Å²) in [5, 5.41) is 13.6. The van der Waals surface area contributed by atoms with Crippen LogP contribution in [0, 0.1) is 0 Å². The number of fused-ring (bicyclic) bond motifs is 1. The molecule has 4 heteroatoms. The zero-order chi connectivity index (χ0) is 11.4. The Hall–Kier alpha value is -1.94. The van der Waals surface area contributed by atoms with E-state index < -0.39 is 5.97 Å². The van der Waals surface area contributed by atoms with E-state index in [1.807, 2.05) is 24.3 Å². The molecule has 0 unspecified atom stereocenters. The molecular formula is C12H12N2O2. The van der Waals surface area contributed by atoms with Crippen LogP contribution in [0.1, 0.15) is 5.56 Å². The summed E-state index contributed by atoms with van der Waals surface area (Å²) in [5.41, 5.74) is 1.08. The first-order valence-corrected chi connectivity index (χ1v) is 5.01. The maximum absolute atomic E-state index is 10.4. The average molecular weight is 216 g/mol. The molecule has 0 atom stereocenters. The molecule has 0 saturated heterocycles. The third-order valence-electron chi connectivity index (χ3n) is 2.36. The smallest absolute Gasteiger partial charge is 0.317 e. The normalized spacial score (nSPS) is 10.5. The minimum atomic E-state index is -0.845. The van der Waals surface area contributed by atoms with Crippen molar-refractivity contribution in [3.8, 4) is 0 Å². The highest BCUT2D eigenvalue weighted by Crippen LogP contribution is 2.16. The number of hydrogen-bond acceptors (Lipinski definition) is 3. The lowest BCUT2D eigenvalue weighted by Crippen LogP contribution is -2.21. The minimum absolute atomic E-state index is 0.0263. The molecule has 1 heterocycles. The van der Waals surface area contributed by atoms with E-state index in [9.17, 15) is 4.79 Å². The summed E-state index contributed by atoms with van der Waals surface area (Å²) in [5.74, 6) is -0.845. The fraction of sp³-hybridized carbons (Fsp3) is 0.167. The predicted octanol–water partition coefficient (Wildman–Crippen LogP) is 1.41. The number of hydrogen-bond donors (Lipinski definition) is 2. The van der Waals surface area contributed by atoms with Crippen LogP contribution in [-0.4, -0.2) is 22.6 Å². The summed E-state index contributed by atoms with van der Waals surface area (Å²) in [6, 6.07) is 7.86. The summed E-state index contributed by atoms with van der Waals surface area (Å²) in [4.78, 5) is 14.4. The first-order valence-electron chi connectivity index (χ1n) is 5.01. The second kappa shape index (κ2) is 4.72. The van der Waals surface area contributed by atoms with Gasteiger partial charge in [0.25, 0.3) is 0 Å². The molecule has 1 aromatic carbocycles. The van der Waals surface area contributed by atoms with Gasteiger partial charge in [-0.1, -0.05) is 18.2 Å². The summed E-state index contributed by atoms with van der Waals surface area (Å²) in [6.45, 7) is 0.523. The zero-order valence-electron chi connectivity index (χ0n) is 8.68. The Balaban J connectivity index is 2.20. The molecule has 0 aliphatic carbocycles. The van der Waals surface area contributed by atoms with Crippen molar-refractivity contribution in [1.82, 2.24) is 10.3 Å². The average Bonchev–Trinajstić information content (AvgIpc) is 2.29.